The Bertz CT molecular complexity index is 1010. The number of methoxy groups -OCH3 is 1. The highest BCUT2D eigenvalue weighted by atomic mass is 32.1. The maximum atomic E-state index is 12.8. The highest BCUT2D eigenvalue weighted by Gasteiger charge is 2.27. The fourth-order valence-electron chi connectivity index (χ4n) is 3.57. The minimum atomic E-state index is -0.0948. The molecule has 1 unspecified atom stereocenters. The third-order valence-corrected chi connectivity index (χ3v) is 6.40. The molecule has 1 aliphatic heterocycles. The minimum Gasteiger partial charge on any atom is -0.497 e. The number of rotatable bonds is 5. The Morgan fingerprint density at radius 2 is 2.03 bits per heavy atom. The molecule has 0 radical (unpaired) electrons. The van der Waals surface area contributed by atoms with E-state index >= 15 is 0 Å². The molecule has 1 amide bonds. The van der Waals surface area contributed by atoms with Crippen LogP contribution in [0.1, 0.15) is 23.4 Å². The van der Waals surface area contributed by atoms with E-state index in [9.17, 15) is 4.79 Å². The first kappa shape index (κ1) is 20.3. The van der Waals surface area contributed by atoms with Crippen LogP contribution < -0.4 is 15.0 Å². The second-order valence-electron chi connectivity index (χ2n) is 7.42. The molecule has 0 bridgehead atoms. The van der Waals surface area contributed by atoms with Gasteiger partial charge in [0.25, 0.3) is 0 Å². The zero-order chi connectivity index (χ0) is 21.1. The summed E-state index contributed by atoms with van der Waals surface area (Å²) in [7, 11) is 1.65. The summed E-state index contributed by atoms with van der Waals surface area (Å²) in [6.45, 7) is 5.48. The molecule has 0 saturated carbocycles. The zero-order valence-corrected chi connectivity index (χ0v) is 18.2. The van der Waals surface area contributed by atoms with Crippen LogP contribution in [0.5, 0.6) is 5.75 Å². The van der Waals surface area contributed by atoms with Crippen molar-refractivity contribution in [2.75, 3.05) is 30.4 Å². The number of aromatic nitrogens is 3. The summed E-state index contributed by atoms with van der Waals surface area (Å²) in [4.78, 5) is 29.4. The first-order valence-electron chi connectivity index (χ1n) is 10.00. The van der Waals surface area contributed by atoms with Crippen LogP contribution in [0.4, 0.5) is 10.9 Å². The van der Waals surface area contributed by atoms with Gasteiger partial charge in [-0.15, -0.1) is 11.3 Å². The van der Waals surface area contributed by atoms with Gasteiger partial charge < -0.3 is 15.0 Å². The number of ether oxygens (including phenoxy) is 1. The third kappa shape index (κ3) is 4.43. The molecule has 0 spiro atoms. The lowest BCUT2D eigenvalue weighted by Gasteiger charge is -2.32. The Hall–Kier alpha value is -3.00. The van der Waals surface area contributed by atoms with E-state index in [4.69, 9.17) is 4.74 Å². The Labute approximate surface area is 180 Å². The van der Waals surface area contributed by atoms with Crippen LogP contribution in [-0.4, -0.2) is 41.1 Å². The monoisotopic (exact) mass is 423 g/mol. The summed E-state index contributed by atoms with van der Waals surface area (Å²) in [6.07, 6.45) is 3.39. The van der Waals surface area contributed by atoms with Crippen molar-refractivity contribution >= 4 is 28.2 Å². The topological polar surface area (TPSA) is 80.2 Å². The maximum absolute atomic E-state index is 12.8. The lowest BCUT2D eigenvalue weighted by Crippen LogP contribution is -2.41. The second-order valence-corrected chi connectivity index (χ2v) is 8.63. The molecule has 1 aliphatic rings. The number of thiazole rings is 1. The molecule has 30 heavy (non-hydrogen) atoms. The molecule has 0 aliphatic carbocycles. The smallest absolute Gasteiger partial charge is 0.231 e. The summed E-state index contributed by atoms with van der Waals surface area (Å²) < 4.78 is 5.23. The fraction of sp³-hybridized carbons (Fsp3) is 0.364. The second kappa shape index (κ2) is 8.79. The molecule has 156 valence electrons. The number of anilines is 2. The van der Waals surface area contributed by atoms with Crippen molar-refractivity contribution in [3.63, 3.8) is 0 Å². The molecule has 2 aromatic heterocycles. The Balaban J connectivity index is 1.46. The predicted octanol–water partition coefficient (Wildman–Crippen LogP) is 4.08. The molecule has 1 atom stereocenters. The summed E-state index contributed by atoms with van der Waals surface area (Å²) in [5, 5.41) is 3.67. The summed E-state index contributed by atoms with van der Waals surface area (Å²) in [5.74, 6) is 1.58. The van der Waals surface area contributed by atoms with Gasteiger partial charge in [0.05, 0.1) is 24.4 Å². The molecule has 4 rings (SSSR count). The van der Waals surface area contributed by atoms with Crippen molar-refractivity contribution in [1.82, 2.24) is 15.0 Å². The van der Waals surface area contributed by atoms with Crippen molar-refractivity contribution in [2.24, 2.45) is 5.92 Å². The summed E-state index contributed by atoms with van der Waals surface area (Å²) in [6, 6.07) is 9.78. The van der Waals surface area contributed by atoms with E-state index in [0.717, 1.165) is 52.8 Å². The van der Waals surface area contributed by atoms with E-state index in [0.29, 0.717) is 11.7 Å². The SMILES string of the molecule is COc1ccc(-c2cc(N3CCCC(C(=O)Nc4nc(C)c(C)s4)C3)ncn2)cc1. The Morgan fingerprint density at radius 1 is 1.23 bits per heavy atom. The normalized spacial score (nSPS) is 16.4. The lowest BCUT2D eigenvalue weighted by molar-refractivity contribution is -0.120. The van der Waals surface area contributed by atoms with Crippen LogP contribution in [0, 0.1) is 19.8 Å². The van der Waals surface area contributed by atoms with Crippen LogP contribution >= 0.6 is 11.3 Å². The highest BCUT2D eigenvalue weighted by molar-refractivity contribution is 7.15. The van der Waals surface area contributed by atoms with Crippen molar-refractivity contribution in [3.8, 4) is 17.0 Å². The van der Waals surface area contributed by atoms with E-state index in [1.165, 1.54) is 11.3 Å². The van der Waals surface area contributed by atoms with E-state index in [1.807, 2.05) is 44.2 Å². The largest absolute Gasteiger partial charge is 0.497 e. The minimum absolute atomic E-state index is 0.0258. The number of piperidine rings is 1. The average molecular weight is 424 g/mol. The molecule has 1 N–H and O–H groups in total. The Kier molecular flexibility index (Phi) is 5.94. The van der Waals surface area contributed by atoms with Gasteiger partial charge in [0.1, 0.15) is 17.9 Å². The number of carbonyl (C=O) groups is 1. The van der Waals surface area contributed by atoms with Crippen LogP contribution in [0.25, 0.3) is 11.3 Å². The number of nitrogens with one attached hydrogen (secondary N) is 1. The third-order valence-electron chi connectivity index (χ3n) is 5.41. The number of benzene rings is 1. The molecule has 8 heteroatoms. The molecule has 7 nitrogen and oxygen atoms in total. The highest BCUT2D eigenvalue weighted by Crippen LogP contribution is 2.27. The van der Waals surface area contributed by atoms with Crippen LogP contribution in [0.2, 0.25) is 0 Å². The number of amides is 1. The average Bonchev–Trinajstić information content (AvgIpc) is 3.10. The van der Waals surface area contributed by atoms with Crippen molar-refractivity contribution in [2.45, 2.75) is 26.7 Å². The van der Waals surface area contributed by atoms with Gasteiger partial charge in [-0.2, -0.15) is 0 Å². The van der Waals surface area contributed by atoms with Crippen molar-refractivity contribution in [3.05, 3.63) is 47.2 Å². The number of aryl methyl sites for hydroxylation is 2. The van der Waals surface area contributed by atoms with Gasteiger partial charge in [0.2, 0.25) is 5.91 Å². The zero-order valence-electron chi connectivity index (χ0n) is 17.4. The van der Waals surface area contributed by atoms with Gasteiger partial charge >= 0.3 is 0 Å². The van der Waals surface area contributed by atoms with Gasteiger partial charge in [0.15, 0.2) is 5.13 Å². The maximum Gasteiger partial charge on any atom is 0.231 e. The van der Waals surface area contributed by atoms with Crippen LogP contribution in [0.3, 0.4) is 0 Å². The van der Waals surface area contributed by atoms with E-state index in [1.54, 1.807) is 13.4 Å². The quantitative estimate of drug-likeness (QED) is 0.666. The molecule has 1 saturated heterocycles. The van der Waals surface area contributed by atoms with Gasteiger partial charge in [-0.3, -0.25) is 4.79 Å². The molecular formula is C22H25N5O2S. The number of hydrogen-bond donors (Lipinski definition) is 1. The lowest BCUT2D eigenvalue weighted by atomic mass is 9.97. The standard InChI is InChI=1S/C22H25N5O2S/c1-14-15(2)30-22(25-14)26-21(28)17-5-4-10-27(12-17)20-11-19(23-13-24-20)16-6-8-18(29-3)9-7-16/h6-9,11,13,17H,4-5,10,12H2,1-3H3,(H,25,26,28). The predicted molar refractivity (Wildman–Crippen MR) is 119 cm³/mol. The summed E-state index contributed by atoms with van der Waals surface area (Å²) >= 11 is 1.52. The van der Waals surface area contributed by atoms with Crippen molar-refractivity contribution < 1.29 is 9.53 Å². The molecular weight excluding hydrogens is 398 g/mol. The van der Waals surface area contributed by atoms with Crippen molar-refractivity contribution in [1.29, 1.82) is 0 Å². The van der Waals surface area contributed by atoms with E-state index in [-0.39, 0.29) is 11.8 Å². The Morgan fingerprint density at radius 3 is 2.73 bits per heavy atom. The van der Waals surface area contributed by atoms with Crippen LogP contribution in [0.15, 0.2) is 36.7 Å². The number of nitrogens with zero attached hydrogens (tertiary/aromatic N) is 4. The molecule has 1 aromatic carbocycles. The van der Waals surface area contributed by atoms with Gasteiger partial charge in [0, 0.05) is 29.6 Å². The van der Waals surface area contributed by atoms with E-state index < -0.39 is 0 Å². The van der Waals surface area contributed by atoms with Gasteiger partial charge in [-0.1, -0.05) is 0 Å². The summed E-state index contributed by atoms with van der Waals surface area (Å²) in [5.41, 5.74) is 2.82. The first-order valence-corrected chi connectivity index (χ1v) is 10.8. The fourth-order valence-corrected chi connectivity index (χ4v) is 4.39. The number of hydrogen-bond acceptors (Lipinski definition) is 7. The molecule has 1 fully saturated rings. The van der Waals surface area contributed by atoms with Crippen LogP contribution in [-0.2, 0) is 4.79 Å². The molecule has 3 aromatic rings. The number of carbonyl (C=O) groups excluding carboxylic acids is 1. The first-order chi connectivity index (χ1) is 14.5. The van der Waals surface area contributed by atoms with Gasteiger partial charge in [-0.25, -0.2) is 15.0 Å². The van der Waals surface area contributed by atoms with E-state index in [2.05, 4.69) is 25.2 Å². The van der Waals surface area contributed by atoms with Gasteiger partial charge in [-0.05, 0) is 51.0 Å². The molecule has 3 heterocycles.